The van der Waals surface area contributed by atoms with Crippen molar-refractivity contribution in [1.29, 1.82) is 0 Å². The summed E-state index contributed by atoms with van der Waals surface area (Å²) in [5, 5.41) is 0. The summed E-state index contributed by atoms with van der Waals surface area (Å²) >= 11 is 0. The van der Waals surface area contributed by atoms with E-state index < -0.39 is 0 Å². The molecule has 6 nitrogen and oxygen atoms in total. The van der Waals surface area contributed by atoms with E-state index in [1.54, 1.807) is 7.11 Å². The van der Waals surface area contributed by atoms with Crippen LogP contribution < -0.4 is 0 Å². The molecule has 0 spiro atoms. The molecule has 138 valence electrons. The lowest BCUT2D eigenvalue weighted by molar-refractivity contribution is -0.135. The Kier molecular flexibility index (Phi) is 6.89. The highest BCUT2D eigenvalue weighted by molar-refractivity contribution is 5.79. The lowest BCUT2D eigenvalue weighted by Crippen LogP contribution is -2.43. The number of hydrogen-bond acceptors (Lipinski definition) is 5. The van der Waals surface area contributed by atoms with Gasteiger partial charge in [-0.3, -0.25) is 9.69 Å². The molecule has 3 aliphatic rings. The second-order valence-electron chi connectivity index (χ2n) is 7.34. The van der Waals surface area contributed by atoms with Crippen molar-refractivity contribution in [3.05, 3.63) is 0 Å². The Labute approximate surface area is 146 Å². The molecular weight excluding hydrogens is 306 g/mol. The van der Waals surface area contributed by atoms with Gasteiger partial charge in [0.1, 0.15) is 0 Å². The summed E-state index contributed by atoms with van der Waals surface area (Å²) in [5.74, 6) is 0.570. The summed E-state index contributed by atoms with van der Waals surface area (Å²) in [6, 6.07) is 0.657. The Bertz CT molecular complexity index is 401. The minimum absolute atomic E-state index is 0.191. The van der Waals surface area contributed by atoms with Crippen molar-refractivity contribution in [2.75, 3.05) is 72.7 Å². The second-order valence-corrected chi connectivity index (χ2v) is 7.34. The summed E-state index contributed by atoms with van der Waals surface area (Å²) in [6.45, 7) is 9.38. The average Bonchev–Trinajstić information content (AvgIpc) is 2.96. The number of ether oxygens (including phenoxy) is 2. The largest absolute Gasteiger partial charge is 0.383 e. The number of methoxy groups -OCH3 is 1. The highest BCUT2D eigenvalue weighted by Gasteiger charge is 2.32. The van der Waals surface area contributed by atoms with Gasteiger partial charge in [0, 0.05) is 65.6 Å². The average molecular weight is 339 g/mol. The SMILES string of the molecule is COCCN1CCC(C(=O)N2CCCN(C3CCOCC3)CC2)C1. The van der Waals surface area contributed by atoms with E-state index in [4.69, 9.17) is 9.47 Å². The third-order valence-electron chi connectivity index (χ3n) is 5.78. The third-order valence-corrected chi connectivity index (χ3v) is 5.78. The number of hydrogen-bond donors (Lipinski definition) is 0. The van der Waals surface area contributed by atoms with Crippen LogP contribution in [-0.4, -0.2) is 99.4 Å². The molecule has 0 aromatic carbocycles. The molecule has 6 heteroatoms. The van der Waals surface area contributed by atoms with E-state index in [2.05, 4.69) is 14.7 Å². The van der Waals surface area contributed by atoms with Gasteiger partial charge in [-0.15, -0.1) is 0 Å². The molecule has 3 fully saturated rings. The molecule has 1 atom stereocenters. The highest BCUT2D eigenvalue weighted by atomic mass is 16.5. The zero-order chi connectivity index (χ0) is 16.8. The van der Waals surface area contributed by atoms with Crippen LogP contribution in [0, 0.1) is 5.92 Å². The smallest absolute Gasteiger partial charge is 0.227 e. The standard InChI is InChI=1S/C18H33N3O3/c1-23-14-11-19-8-3-16(15-19)18(22)21-7-2-6-20(9-10-21)17-4-12-24-13-5-17/h16-17H,2-15H2,1H3. The van der Waals surface area contributed by atoms with Gasteiger partial charge in [-0.25, -0.2) is 0 Å². The Morgan fingerprint density at radius 1 is 1.08 bits per heavy atom. The molecule has 24 heavy (non-hydrogen) atoms. The van der Waals surface area contributed by atoms with Crippen LogP contribution in [-0.2, 0) is 14.3 Å². The van der Waals surface area contributed by atoms with Gasteiger partial charge in [0.2, 0.25) is 5.91 Å². The van der Waals surface area contributed by atoms with Crippen LogP contribution >= 0.6 is 0 Å². The van der Waals surface area contributed by atoms with Gasteiger partial charge >= 0.3 is 0 Å². The van der Waals surface area contributed by atoms with Gasteiger partial charge in [-0.05, 0) is 32.2 Å². The number of carbonyl (C=O) groups excluding carboxylic acids is 1. The van der Waals surface area contributed by atoms with Gasteiger partial charge in [0.25, 0.3) is 0 Å². The van der Waals surface area contributed by atoms with Crippen molar-refractivity contribution >= 4 is 5.91 Å². The number of amides is 1. The fraction of sp³-hybridized carbons (Fsp3) is 0.944. The van der Waals surface area contributed by atoms with Crippen LogP contribution in [0.3, 0.4) is 0 Å². The van der Waals surface area contributed by atoms with Gasteiger partial charge in [-0.1, -0.05) is 0 Å². The minimum Gasteiger partial charge on any atom is -0.383 e. The van der Waals surface area contributed by atoms with Crippen LogP contribution in [0.2, 0.25) is 0 Å². The highest BCUT2D eigenvalue weighted by Crippen LogP contribution is 2.21. The summed E-state index contributed by atoms with van der Waals surface area (Å²) < 4.78 is 10.6. The van der Waals surface area contributed by atoms with Gasteiger partial charge in [0.15, 0.2) is 0 Å². The molecule has 0 bridgehead atoms. The Hall–Kier alpha value is -0.690. The molecule has 3 saturated heterocycles. The second kappa shape index (κ2) is 9.13. The van der Waals surface area contributed by atoms with Crippen LogP contribution in [0.5, 0.6) is 0 Å². The number of nitrogens with zero attached hydrogens (tertiary/aromatic N) is 3. The van der Waals surface area contributed by atoms with Gasteiger partial charge in [-0.2, -0.15) is 0 Å². The predicted molar refractivity (Wildman–Crippen MR) is 93.0 cm³/mol. The van der Waals surface area contributed by atoms with Crippen LogP contribution in [0.25, 0.3) is 0 Å². The molecule has 3 aliphatic heterocycles. The number of carbonyl (C=O) groups is 1. The van der Waals surface area contributed by atoms with E-state index in [0.29, 0.717) is 11.9 Å². The Morgan fingerprint density at radius 2 is 1.92 bits per heavy atom. The van der Waals surface area contributed by atoms with Crippen molar-refractivity contribution in [3.8, 4) is 0 Å². The molecule has 0 N–H and O–H groups in total. The first-order chi connectivity index (χ1) is 11.8. The van der Waals surface area contributed by atoms with Gasteiger partial charge in [0.05, 0.1) is 12.5 Å². The van der Waals surface area contributed by atoms with E-state index in [1.165, 1.54) is 0 Å². The molecule has 0 aliphatic carbocycles. The monoisotopic (exact) mass is 339 g/mol. The van der Waals surface area contributed by atoms with E-state index in [-0.39, 0.29) is 5.92 Å². The number of rotatable bonds is 5. The van der Waals surface area contributed by atoms with Crippen LogP contribution in [0.1, 0.15) is 25.7 Å². The van der Waals surface area contributed by atoms with Crippen LogP contribution in [0.4, 0.5) is 0 Å². The normalized spacial score (nSPS) is 28.2. The molecule has 1 amide bonds. The van der Waals surface area contributed by atoms with E-state index in [9.17, 15) is 4.79 Å². The van der Waals surface area contributed by atoms with Crippen molar-refractivity contribution in [2.45, 2.75) is 31.7 Å². The lowest BCUT2D eigenvalue weighted by Gasteiger charge is -2.33. The summed E-state index contributed by atoms with van der Waals surface area (Å²) in [4.78, 5) is 20.0. The van der Waals surface area contributed by atoms with Gasteiger partial charge < -0.3 is 19.3 Å². The first kappa shape index (κ1) is 18.1. The molecule has 0 aromatic heterocycles. The van der Waals surface area contributed by atoms with Crippen molar-refractivity contribution in [2.24, 2.45) is 5.92 Å². The molecule has 3 heterocycles. The maximum Gasteiger partial charge on any atom is 0.227 e. The molecule has 0 saturated carbocycles. The molecule has 0 aromatic rings. The fourth-order valence-corrected chi connectivity index (χ4v) is 4.29. The van der Waals surface area contributed by atoms with Crippen molar-refractivity contribution in [3.63, 3.8) is 0 Å². The first-order valence-corrected chi connectivity index (χ1v) is 9.60. The maximum atomic E-state index is 12.9. The summed E-state index contributed by atoms with van der Waals surface area (Å²) in [6.07, 6.45) is 4.39. The zero-order valence-electron chi connectivity index (χ0n) is 15.1. The quantitative estimate of drug-likeness (QED) is 0.737. The first-order valence-electron chi connectivity index (χ1n) is 9.60. The molecular formula is C18H33N3O3. The number of likely N-dealkylation sites (tertiary alicyclic amines) is 1. The van der Waals surface area contributed by atoms with Crippen LogP contribution in [0.15, 0.2) is 0 Å². The minimum atomic E-state index is 0.191. The van der Waals surface area contributed by atoms with E-state index in [0.717, 1.165) is 91.3 Å². The summed E-state index contributed by atoms with van der Waals surface area (Å²) in [7, 11) is 1.74. The van der Waals surface area contributed by atoms with Crippen molar-refractivity contribution < 1.29 is 14.3 Å². The molecule has 3 rings (SSSR count). The summed E-state index contributed by atoms with van der Waals surface area (Å²) in [5.41, 5.74) is 0. The molecule has 0 radical (unpaired) electrons. The fourth-order valence-electron chi connectivity index (χ4n) is 4.29. The molecule has 1 unspecified atom stereocenters. The van der Waals surface area contributed by atoms with E-state index in [1.807, 2.05) is 0 Å². The Morgan fingerprint density at radius 3 is 2.71 bits per heavy atom. The van der Waals surface area contributed by atoms with E-state index >= 15 is 0 Å². The zero-order valence-corrected chi connectivity index (χ0v) is 15.1. The predicted octanol–water partition coefficient (Wildman–Crippen LogP) is 0.668. The maximum absolute atomic E-state index is 12.9. The topological polar surface area (TPSA) is 45.2 Å². The third kappa shape index (κ3) is 4.69. The Balaban J connectivity index is 1.46. The van der Waals surface area contributed by atoms with Crippen molar-refractivity contribution in [1.82, 2.24) is 14.7 Å². The lowest BCUT2D eigenvalue weighted by atomic mass is 10.1.